The Labute approximate surface area is 179 Å². The Hall–Kier alpha value is -2.36. The lowest BCUT2D eigenvalue weighted by molar-refractivity contribution is -0.148. The van der Waals surface area contributed by atoms with E-state index in [-0.39, 0.29) is 22.9 Å². The molecule has 0 radical (unpaired) electrons. The van der Waals surface area contributed by atoms with Crippen molar-refractivity contribution < 1.29 is 9.53 Å². The molecule has 0 aromatic carbocycles. The van der Waals surface area contributed by atoms with E-state index in [0.29, 0.717) is 11.8 Å². The number of allylic oxidation sites excluding steroid dienone is 5. The lowest BCUT2D eigenvalue weighted by Gasteiger charge is -2.56. The van der Waals surface area contributed by atoms with Crippen molar-refractivity contribution in [1.29, 1.82) is 0 Å². The Morgan fingerprint density at radius 1 is 1.20 bits per heavy atom. The van der Waals surface area contributed by atoms with Crippen LogP contribution in [0.2, 0.25) is 0 Å². The van der Waals surface area contributed by atoms with Crippen molar-refractivity contribution in [3.8, 4) is 0 Å². The first-order chi connectivity index (χ1) is 14.3. The van der Waals surface area contributed by atoms with Gasteiger partial charge in [0.05, 0.1) is 5.69 Å². The van der Waals surface area contributed by atoms with Crippen molar-refractivity contribution in [3.05, 3.63) is 53.4 Å². The zero-order valence-electron chi connectivity index (χ0n) is 18.3. The molecule has 0 unspecified atom stereocenters. The minimum Gasteiger partial charge on any atom is -0.462 e. The summed E-state index contributed by atoms with van der Waals surface area (Å²) in [5.74, 6) is 1.10. The van der Waals surface area contributed by atoms with E-state index in [1.807, 2.05) is 6.20 Å². The largest absolute Gasteiger partial charge is 0.462 e. The molecule has 5 atom stereocenters. The van der Waals surface area contributed by atoms with Gasteiger partial charge >= 0.3 is 5.97 Å². The highest BCUT2D eigenvalue weighted by atomic mass is 16.5. The predicted octanol–water partition coefficient (Wildman–Crippen LogP) is 5.47. The average molecular weight is 405 g/mol. The van der Waals surface area contributed by atoms with E-state index in [9.17, 15) is 4.79 Å². The molecule has 1 aromatic rings. The number of nitrogen functional groups attached to an aromatic ring is 1. The van der Waals surface area contributed by atoms with Crippen LogP contribution >= 0.6 is 0 Å². The second kappa shape index (κ2) is 6.83. The van der Waals surface area contributed by atoms with Crippen molar-refractivity contribution in [2.24, 2.45) is 22.7 Å². The van der Waals surface area contributed by atoms with E-state index < -0.39 is 0 Å². The van der Waals surface area contributed by atoms with Gasteiger partial charge in [-0.2, -0.15) is 0 Å². The van der Waals surface area contributed by atoms with Crippen LogP contribution < -0.4 is 5.73 Å². The number of aromatic nitrogens is 1. The number of anilines is 1. The highest BCUT2D eigenvalue weighted by Crippen LogP contribution is 2.64. The summed E-state index contributed by atoms with van der Waals surface area (Å²) in [6, 6.07) is 2.06. The Balaban J connectivity index is 1.42. The van der Waals surface area contributed by atoms with Gasteiger partial charge in [-0.05, 0) is 66.6 Å². The van der Waals surface area contributed by atoms with Crippen molar-refractivity contribution in [1.82, 2.24) is 4.98 Å². The fourth-order valence-electron chi connectivity index (χ4n) is 6.99. The first-order valence-electron chi connectivity index (χ1n) is 11.3. The molecule has 2 fully saturated rings. The van der Waals surface area contributed by atoms with Crippen LogP contribution in [0.1, 0.15) is 64.9 Å². The van der Waals surface area contributed by atoms with Crippen LogP contribution in [0.3, 0.4) is 0 Å². The zero-order valence-corrected chi connectivity index (χ0v) is 18.3. The molecule has 30 heavy (non-hydrogen) atoms. The standard InChI is InChI=1S/C26H32N2O2/c1-16(29)30-20-8-10-25(2)18(13-20)4-5-21-23-7-6-22(17-12-19(27)15-28-14-17)26(23,3)11-9-24(21)25/h4,6-7,12,14-15,20-21,24H,5,8-11,13,27H2,1-3H3/t20-,21-,24-,25-,26+/m0/s1. The minimum absolute atomic E-state index is 0.0576. The molecule has 0 amide bonds. The van der Waals surface area contributed by atoms with Gasteiger partial charge in [0.15, 0.2) is 0 Å². The first kappa shape index (κ1) is 19.6. The first-order valence-corrected chi connectivity index (χ1v) is 11.3. The van der Waals surface area contributed by atoms with Gasteiger partial charge in [-0.25, -0.2) is 0 Å². The number of ether oxygens (including phenoxy) is 1. The molecule has 0 spiro atoms. The molecule has 4 nitrogen and oxygen atoms in total. The number of pyridine rings is 1. The molecule has 5 rings (SSSR count). The van der Waals surface area contributed by atoms with Crippen molar-refractivity contribution >= 4 is 17.2 Å². The van der Waals surface area contributed by atoms with Crippen LogP contribution in [0.5, 0.6) is 0 Å². The van der Waals surface area contributed by atoms with Gasteiger partial charge in [-0.15, -0.1) is 0 Å². The number of rotatable bonds is 2. The van der Waals surface area contributed by atoms with Crippen molar-refractivity contribution in [2.75, 3.05) is 5.73 Å². The van der Waals surface area contributed by atoms with E-state index in [0.717, 1.165) is 43.4 Å². The summed E-state index contributed by atoms with van der Waals surface area (Å²) in [4.78, 5) is 15.8. The Morgan fingerprint density at radius 3 is 2.80 bits per heavy atom. The minimum atomic E-state index is -0.155. The van der Waals surface area contributed by atoms with E-state index in [4.69, 9.17) is 10.5 Å². The fourth-order valence-corrected chi connectivity index (χ4v) is 6.99. The SMILES string of the molecule is CC(=O)O[C@H]1CC[C@@]2(C)C(=CC[C@H]3C4=CC=C(c5cncc(N)c5)[C@@]4(C)CC[C@@H]32)C1. The normalized spacial score (nSPS) is 37.2. The molecule has 1 heterocycles. The molecule has 2 saturated carbocycles. The molecule has 4 aliphatic rings. The molecular formula is C26H32N2O2. The maximum atomic E-state index is 11.4. The summed E-state index contributed by atoms with van der Waals surface area (Å²) < 4.78 is 5.56. The Morgan fingerprint density at radius 2 is 2.03 bits per heavy atom. The maximum Gasteiger partial charge on any atom is 0.302 e. The number of fused-ring (bicyclic) bond motifs is 5. The summed E-state index contributed by atoms with van der Waals surface area (Å²) >= 11 is 0. The number of hydrogen-bond acceptors (Lipinski definition) is 4. The van der Waals surface area contributed by atoms with Crippen LogP contribution in [0.4, 0.5) is 5.69 Å². The molecule has 4 heteroatoms. The number of esters is 1. The average Bonchev–Trinajstić information content (AvgIpc) is 3.05. The number of nitrogens with zero attached hydrogens (tertiary/aromatic N) is 1. The van der Waals surface area contributed by atoms with Crippen molar-refractivity contribution in [2.45, 2.75) is 65.4 Å². The third-order valence-corrected chi connectivity index (χ3v) is 8.51. The maximum absolute atomic E-state index is 11.4. The lowest BCUT2D eigenvalue weighted by Crippen LogP contribution is -2.47. The van der Waals surface area contributed by atoms with E-state index in [1.165, 1.54) is 24.5 Å². The number of hydrogen-bond donors (Lipinski definition) is 1. The van der Waals surface area contributed by atoms with E-state index >= 15 is 0 Å². The van der Waals surface area contributed by atoms with Gasteiger partial charge in [-0.3, -0.25) is 9.78 Å². The van der Waals surface area contributed by atoms with Gasteiger partial charge in [0, 0.05) is 31.2 Å². The molecule has 2 N–H and O–H groups in total. The third kappa shape index (κ3) is 2.87. The molecule has 0 bridgehead atoms. The smallest absolute Gasteiger partial charge is 0.302 e. The highest BCUT2D eigenvalue weighted by molar-refractivity contribution is 5.79. The van der Waals surface area contributed by atoms with Gasteiger partial charge in [0.2, 0.25) is 0 Å². The van der Waals surface area contributed by atoms with Crippen LogP contribution in [0.15, 0.2) is 47.8 Å². The van der Waals surface area contributed by atoms with Gasteiger partial charge < -0.3 is 10.5 Å². The van der Waals surface area contributed by atoms with Crippen LogP contribution in [0.25, 0.3) is 5.57 Å². The fraction of sp³-hybridized carbons (Fsp3) is 0.538. The highest BCUT2D eigenvalue weighted by Gasteiger charge is 2.54. The number of carbonyl (C=O) groups excluding carboxylic acids is 1. The Bertz CT molecular complexity index is 991. The summed E-state index contributed by atoms with van der Waals surface area (Å²) in [6.45, 7) is 6.40. The van der Waals surface area contributed by atoms with Crippen LogP contribution in [-0.2, 0) is 9.53 Å². The molecule has 0 saturated heterocycles. The topological polar surface area (TPSA) is 65.2 Å². The number of nitrogens with two attached hydrogens (primary N) is 1. The second-order valence-electron chi connectivity index (χ2n) is 10.1. The molecular weight excluding hydrogens is 372 g/mol. The Kier molecular flexibility index (Phi) is 4.46. The summed E-state index contributed by atoms with van der Waals surface area (Å²) in [5, 5.41) is 0. The molecule has 4 aliphatic carbocycles. The molecule has 0 aliphatic heterocycles. The molecule has 1 aromatic heterocycles. The van der Waals surface area contributed by atoms with E-state index in [1.54, 1.807) is 11.8 Å². The summed E-state index contributed by atoms with van der Waals surface area (Å²) in [7, 11) is 0. The monoisotopic (exact) mass is 404 g/mol. The third-order valence-electron chi connectivity index (χ3n) is 8.51. The van der Waals surface area contributed by atoms with Gasteiger partial charge in [-0.1, -0.05) is 43.2 Å². The van der Waals surface area contributed by atoms with Gasteiger partial charge in [0.1, 0.15) is 6.10 Å². The van der Waals surface area contributed by atoms with Gasteiger partial charge in [0.25, 0.3) is 0 Å². The molecule has 158 valence electrons. The zero-order chi connectivity index (χ0) is 21.1. The second-order valence-corrected chi connectivity index (χ2v) is 10.1. The van der Waals surface area contributed by atoms with Crippen LogP contribution in [0, 0.1) is 22.7 Å². The summed E-state index contributed by atoms with van der Waals surface area (Å²) in [6.07, 6.45) is 17.4. The lowest BCUT2D eigenvalue weighted by atomic mass is 9.49. The van der Waals surface area contributed by atoms with Crippen LogP contribution in [-0.4, -0.2) is 17.1 Å². The summed E-state index contributed by atoms with van der Waals surface area (Å²) in [5.41, 5.74) is 12.7. The van der Waals surface area contributed by atoms with E-state index in [2.05, 4.69) is 43.1 Å². The quantitative estimate of drug-likeness (QED) is 0.524. The van der Waals surface area contributed by atoms with Crippen molar-refractivity contribution in [3.63, 3.8) is 0 Å². The predicted molar refractivity (Wildman–Crippen MR) is 119 cm³/mol. The number of carbonyl (C=O) groups is 1.